The average molecular weight is 277 g/mol. The lowest BCUT2D eigenvalue weighted by atomic mass is 9.96. The molecule has 0 aliphatic heterocycles. The Labute approximate surface area is 119 Å². The maximum atomic E-state index is 12.4. The molecule has 1 amide bonds. The second kappa shape index (κ2) is 5.60. The number of aliphatic hydroxyl groups excluding tert-OH is 1. The third kappa shape index (κ3) is 3.23. The fourth-order valence-corrected chi connectivity index (χ4v) is 3.05. The van der Waals surface area contributed by atoms with Crippen molar-refractivity contribution in [2.45, 2.75) is 51.2 Å². The predicted molar refractivity (Wildman–Crippen MR) is 74.8 cm³/mol. The van der Waals surface area contributed by atoms with Gasteiger partial charge in [-0.2, -0.15) is 0 Å². The molecule has 2 N–H and O–H groups in total. The van der Waals surface area contributed by atoms with Crippen LogP contribution >= 0.6 is 0 Å². The smallest absolute Gasteiger partial charge is 0.223 e. The largest absolute Gasteiger partial charge is 0.467 e. The van der Waals surface area contributed by atoms with Gasteiger partial charge in [0.1, 0.15) is 11.9 Å². The van der Waals surface area contributed by atoms with Gasteiger partial charge >= 0.3 is 0 Å². The zero-order chi connectivity index (χ0) is 14.1. The van der Waals surface area contributed by atoms with Gasteiger partial charge in [0, 0.05) is 18.4 Å². The molecule has 2 aliphatic carbocycles. The van der Waals surface area contributed by atoms with Crippen molar-refractivity contribution in [3.63, 3.8) is 0 Å². The zero-order valence-corrected chi connectivity index (χ0v) is 11.9. The highest BCUT2D eigenvalue weighted by atomic mass is 16.4. The highest BCUT2D eigenvalue weighted by molar-refractivity contribution is 5.80. The number of aliphatic hydroxyl groups is 1. The first-order valence-electron chi connectivity index (χ1n) is 7.67. The molecule has 2 aliphatic rings. The van der Waals surface area contributed by atoms with E-state index in [2.05, 4.69) is 5.32 Å². The Balaban J connectivity index is 1.50. The van der Waals surface area contributed by atoms with Crippen LogP contribution in [0.3, 0.4) is 0 Å². The highest BCUT2D eigenvalue weighted by Crippen LogP contribution is 2.49. The lowest BCUT2D eigenvalue weighted by Crippen LogP contribution is -2.39. The number of carbonyl (C=O) groups is 1. The molecule has 3 rings (SSSR count). The molecule has 4 heteroatoms. The van der Waals surface area contributed by atoms with E-state index in [0.29, 0.717) is 24.0 Å². The summed E-state index contributed by atoms with van der Waals surface area (Å²) in [5, 5.41) is 13.1. The Morgan fingerprint density at radius 1 is 1.40 bits per heavy atom. The monoisotopic (exact) mass is 277 g/mol. The average Bonchev–Trinajstić information content (AvgIpc) is 3.32. The van der Waals surface area contributed by atoms with Crippen LogP contribution in [0.5, 0.6) is 0 Å². The van der Waals surface area contributed by atoms with Crippen molar-refractivity contribution in [3.05, 3.63) is 24.2 Å². The molecule has 2 saturated carbocycles. The molecule has 2 atom stereocenters. The van der Waals surface area contributed by atoms with E-state index < -0.39 is 6.10 Å². The van der Waals surface area contributed by atoms with Crippen LogP contribution in [0.2, 0.25) is 0 Å². The van der Waals surface area contributed by atoms with Crippen molar-refractivity contribution < 1.29 is 14.3 Å². The van der Waals surface area contributed by atoms with Crippen LogP contribution in [0.15, 0.2) is 22.8 Å². The van der Waals surface area contributed by atoms with Crippen LogP contribution < -0.4 is 5.32 Å². The number of rotatable bonds is 7. The van der Waals surface area contributed by atoms with E-state index in [1.54, 1.807) is 18.4 Å². The standard InChI is InChI=1S/C16H23NO3/c1-10(9-13(18)14-3-2-8-20-14)17-16(19)15(11-4-5-11)12-6-7-12/h2-3,8,10-13,15,18H,4-7,9H2,1H3,(H,17,19). The Kier molecular flexibility index (Phi) is 3.83. The summed E-state index contributed by atoms with van der Waals surface area (Å²) >= 11 is 0. The number of nitrogens with one attached hydrogen (secondary N) is 1. The minimum Gasteiger partial charge on any atom is -0.467 e. The van der Waals surface area contributed by atoms with Crippen LogP contribution in [0.25, 0.3) is 0 Å². The molecule has 4 nitrogen and oxygen atoms in total. The van der Waals surface area contributed by atoms with Crippen molar-refractivity contribution in [2.24, 2.45) is 17.8 Å². The molecule has 110 valence electrons. The molecule has 0 spiro atoms. The van der Waals surface area contributed by atoms with E-state index in [-0.39, 0.29) is 17.9 Å². The number of hydrogen-bond donors (Lipinski definition) is 2. The van der Waals surface area contributed by atoms with Crippen LogP contribution in [-0.4, -0.2) is 17.1 Å². The Morgan fingerprint density at radius 2 is 2.05 bits per heavy atom. The minimum absolute atomic E-state index is 0.0393. The highest BCUT2D eigenvalue weighted by Gasteiger charge is 2.45. The molecular formula is C16H23NO3. The van der Waals surface area contributed by atoms with Crippen LogP contribution in [-0.2, 0) is 4.79 Å². The van der Waals surface area contributed by atoms with Crippen molar-refractivity contribution >= 4 is 5.91 Å². The first-order valence-corrected chi connectivity index (χ1v) is 7.67. The lowest BCUT2D eigenvalue weighted by Gasteiger charge is -2.21. The van der Waals surface area contributed by atoms with E-state index >= 15 is 0 Å². The number of furan rings is 1. The van der Waals surface area contributed by atoms with Gasteiger partial charge in [-0.15, -0.1) is 0 Å². The number of carbonyl (C=O) groups excluding carboxylic acids is 1. The van der Waals surface area contributed by atoms with Crippen LogP contribution in [0.4, 0.5) is 0 Å². The van der Waals surface area contributed by atoms with Crippen molar-refractivity contribution in [1.29, 1.82) is 0 Å². The van der Waals surface area contributed by atoms with E-state index in [1.807, 2.05) is 6.92 Å². The third-order valence-electron chi connectivity index (χ3n) is 4.40. The van der Waals surface area contributed by atoms with Crippen molar-refractivity contribution in [2.75, 3.05) is 0 Å². The zero-order valence-electron chi connectivity index (χ0n) is 11.9. The summed E-state index contributed by atoms with van der Waals surface area (Å²) in [5.74, 6) is 2.20. The minimum atomic E-state index is -0.652. The molecule has 1 aromatic rings. The van der Waals surface area contributed by atoms with Gasteiger partial charge in [-0.3, -0.25) is 4.79 Å². The number of hydrogen-bond acceptors (Lipinski definition) is 3. The van der Waals surface area contributed by atoms with Gasteiger partial charge in [-0.1, -0.05) is 0 Å². The van der Waals surface area contributed by atoms with Crippen molar-refractivity contribution in [3.8, 4) is 0 Å². The van der Waals surface area contributed by atoms with Crippen LogP contribution in [0.1, 0.15) is 50.9 Å². The second-order valence-corrected chi connectivity index (χ2v) is 6.38. The number of amides is 1. The lowest BCUT2D eigenvalue weighted by molar-refractivity contribution is -0.127. The Morgan fingerprint density at radius 3 is 2.55 bits per heavy atom. The Bertz CT molecular complexity index is 436. The second-order valence-electron chi connectivity index (χ2n) is 6.38. The van der Waals surface area contributed by atoms with Gasteiger partial charge in [0.2, 0.25) is 5.91 Å². The van der Waals surface area contributed by atoms with Gasteiger partial charge in [-0.25, -0.2) is 0 Å². The fraction of sp³-hybridized carbons (Fsp3) is 0.688. The summed E-state index contributed by atoms with van der Waals surface area (Å²) in [6.07, 6.45) is 6.21. The van der Waals surface area contributed by atoms with Crippen molar-refractivity contribution in [1.82, 2.24) is 5.32 Å². The molecule has 0 saturated heterocycles. The first kappa shape index (κ1) is 13.7. The maximum Gasteiger partial charge on any atom is 0.223 e. The van der Waals surface area contributed by atoms with E-state index in [0.717, 1.165) is 0 Å². The summed E-state index contributed by atoms with van der Waals surface area (Å²) in [6, 6.07) is 3.48. The van der Waals surface area contributed by atoms with Gasteiger partial charge in [0.15, 0.2) is 0 Å². The summed E-state index contributed by atoms with van der Waals surface area (Å²) in [7, 11) is 0. The maximum absolute atomic E-state index is 12.4. The quantitative estimate of drug-likeness (QED) is 0.805. The molecule has 1 aromatic heterocycles. The fourth-order valence-electron chi connectivity index (χ4n) is 3.05. The summed E-state index contributed by atoms with van der Waals surface area (Å²) in [4.78, 5) is 12.4. The van der Waals surface area contributed by atoms with Gasteiger partial charge in [0.25, 0.3) is 0 Å². The molecule has 0 radical (unpaired) electrons. The van der Waals surface area contributed by atoms with Gasteiger partial charge in [0.05, 0.1) is 6.26 Å². The molecule has 20 heavy (non-hydrogen) atoms. The van der Waals surface area contributed by atoms with Crippen LogP contribution in [0, 0.1) is 17.8 Å². The molecule has 2 fully saturated rings. The Hall–Kier alpha value is -1.29. The predicted octanol–water partition coefficient (Wildman–Crippen LogP) is 2.64. The molecule has 1 heterocycles. The SMILES string of the molecule is CC(CC(O)c1ccco1)NC(=O)C(C1CC1)C1CC1. The van der Waals surface area contributed by atoms with Gasteiger partial charge in [-0.05, 0) is 56.6 Å². The molecule has 0 aromatic carbocycles. The van der Waals surface area contributed by atoms with E-state index in [1.165, 1.54) is 25.7 Å². The molecular weight excluding hydrogens is 254 g/mol. The first-order chi connectivity index (χ1) is 9.65. The normalized spacial score (nSPS) is 21.8. The van der Waals surface area contributed by atoms with Gasteiger partial charge < -0.3 is 14.8 Å². The summed E-state index contributed by atoms with van der Waals surface area (Å²) < 4.78 is 5.18. The van der Waals surface area contributed by atoms with E-state index in [4.69, 9.17) is 4.42 Å². The third-order valence-corrected chi connectivity index (χ3v) is 4.40. The molecule has 2 unspecified atom stereocenters. The summed E-state index contributed by atoms with van der Waals surface area (Å²) in [5.41, 5.74) is 0. The van der Waals surface area contributed by atoms with E-state index in [9.17, 15) is 9.90 Å². The summed E-state index contributed by atoms with van der Waals surface area (Å²) in [6.45, 7) is 1.95. The topological polar surface area (TPSA) is 62.5 Å². The molecule has 0 bridgehead atoms.